The molecular weight excluding hydrogens is 200 g/mol. The summed E-state index contributed by atoms with van der Waals surface area (Å²) >= 11 is 0. The van der Waals surface area contributed by atoms with Crippen molar-refractivity contribution in [2.45, 2.75) is 45.4 Å². The van der Waals surface area contributed by atoms with Crippen LogP contribution in [0.15, 0.2) is 0 Å². The number of hydrogen-bond acceptors (Lipinski definition) is 2. The highest BCUT2D eigenvalue weighted by Crippen LogP contribution is 2.01. The Morgan fingerprint density at radius 1 is 1.14 bits per heavy atom. The van der Waals surface area contributed by atoms with Crippen molar-refractivity contribution in [1.29, 1.82) is 0 Å². The molecule has 0 aromatic carbocycles. The van der Waals surface area contributed by atoms with Gasteiger partial charge < -0.3 is 5.11 Å². The summed E-state index contributed by atoms with van der Waals surface area (Å²) in [6.45, 7) is 2.12. The van der Waals surface area contributed by atoms with E-state index >= 15 is 0 Å². The van der Waals surface area contributed by atoms with Crippen LogP contribution < -0.4 is 0 Å². The molecule has 14 heavy (non-hydrogen) atoms. The molecule has 0 aromatic heterocycles. The van der Waals surface area contributed by atoms with Gasteiger partial charge in [-0.1, -0.05) is 19.8 Å². The minimum atomic E-state index is -0.762. The SMILES string of the molecule is CCCCCS(=O)CCCCC(=O)O. The molecule has 0 aromatic rings. The maximum atomic E-state index is 11.3. The molecule has 0 radical (unpaired) electrons. The molecule has 0 spiro atoms. The fourth-order valence-electron chi connectivity index (χ4n) is 1.15. The molecule has 0 bridgehead atoms. The van der Waals surface area contributed by atoms with Crippen molar-refractivity contribution in [2.75, 3.05) is 11.5 Å². The van der Waals surface area contributed by atoms with E-state index in [1.54, 1.807) is 0 Å². The molecule has 0 rings (SSSR count). The van der Waals surface area contributed by atoms with Crippen molar-refractivity contribution >= 4 is 16.8 Å². The van der Waals surface area contributed by atoms with Gasteiger partial charge in [0.1, 0.15) is 0 Å². The third-order valence-corrected chi connectivity index (χ3v) is 3.48. The maximum absolute atomic E-state index is 11.3. The third-order valence-electron chi connectivity index (χ3n) is 1.99. The lowest BCUT2D eigenvalue weighted by Crippen LogP contribution is -2.03. The van der Waals surface area contributed by atoms with Crippen LogP contribution in [0.1, 0.15) is 45.4 Å². The number of unbranched alkanes of at least 4 members (excludes halogenated alkanes) is 3. The van der Waals surface area contributed by atoms with E-state index in [1.807, 2.05) is 0 Å². The van der Waals surface area contributed by atoms with E-state index in [1.165, 1.54) is 0 Å². The van der Waals surface area contributed by atoms with Gasteiger partial charge in [0.05, 0.1) is 0 Å². The average Bonchev–Trinajstić information content (AvgIpc) is 2.13. The van der Waals surface area contributed by atoms with Gasteiger partial charge in [-0.15, -0.1) is 0 Å². The lowest BCUT2D eigenvalue weighted by Gasteiger charge is -2.00. The van der Waals surface area contributed by atoms with E-state index in [-0.39, 0.29) is 6.42 Å². The standard InChI is InChI=1S/C10H20O3S/c1-2-3-5-8-14(13)9-6-4-7-10(11)12/h2-9H2,1H3,(H,11,12). The Kier molecular flexibility index (Phi) is 8.94. The van der Waals surface area contributed by atoms with Gasteiger partial charge >= 0.3 is 5.97 Å². The highest BCUT2D eigenvalue weighted by atomic mass is 32.2. The Bertz CT molecular complexity index is 180. The fourth-order valence-corrected chi connectivity index (χ4v) is 2.41. The fraction of sp³-hybridized carbons (Fsp3) is 0.900. The summed E-state index contributed by atoms with van der Waals surface area (Å²) < 4.78 is 11.3. The second-order valence-corrected chi connectivity index (χ2v) is 5.10. The summed E-state index contributed by atoms with van der Waals surface area (Å²) in [5, 5.41) is 8.38. The number of carboxylic acid groups (broad SMARTS) is 1. The molecule has 0 aliphatic rings. The molecule has 0 fully saturated rings. The Morgan fingerprint density at radius 3 is 2.21 bits per heavy atom. The molecule has 0 saturated carbocycles. The minimum Gasteiger partial charge on any atom is -0.481 e. The number of carboxylic acids is 1. The van der Waals surface area contributed by atoms with E-state index in [0.29, 0.717) is 12.2 Å². The molecule has 1 N–H and O–H groups in total. The maximum Gasteiger partial charge on any atom is 0.303 e. The van der Waals surface area contributed by atoms with Crippen LogP contribution in [0.2, 0.25) is 0 Å². The second kappa shape index (κ2) is 9.19. The zero-order valence-corrected chi connectivity index (χ0v) is 9.65. The van der Waals surface area contributed by atoms with Crippen LogP contribution in [0.4, 0.5) is 0 Å². The van der Waals surface area contributed by atoms with Crippen LogP contribution in [0, 0.1) is 0 Å². The molecular formula is C10H20O3S. The zero-order valence-electron chi connectivity index (χ0n) is 8.83. The van der Waals surface area contributed by atoms with Crippen molar-refractivity contribution in [1.82, 2.24) is 0 Å². The van der Waals surface area contributed by atoms with Crippen molar-refractivity contribution in [3.05, 3.63) is 0 Å². The second-order valence-electron chi connectivity index (χ2n) is 3.41. The van der Waals surface area contributed by atoms with Crippen LogP contribution in [0.25, 0.3) is 0 Å². The molecule has 84 valence electrons. The van der Waals surface area contributed by atoms with Crippen molar-refractivity contribution < 1.29 is 14.1 Å². The van der Waals surface area contributed by atoms with Gasteiger partial charge in [-0.3, -0.25) is 9.00 Å². The monoisotopic (exact) mass is 220 g/mol. The summed E-state index contributed by atoms with van der Waals surface area (Å²) in [4.78, 5) is 10.2. The Balaban J connectivity index is 3.22. The number of hydrogen-bond donors (Lipinski definition) is 1. The van der Waals surface area contributed by atoms with Gasteiger partial charge in [0.2, 0.25) is 0 Å². The molecule has 0 amide bonds. The highest BCUT2D eigenvalue weighted by Gasteiger charge is 2.01. The minimum absolute atomic E-state index is 0.201. The zero-order chi connectivity index (χ0) is 10.8. The predicted octanol–water partition coefficient (Wildman–Crippen LogP) is 2.18. The molecule has 1 atom stereocenters. The number of carbonyl (C=O) groups is 1. The lowest BCUT2D eigenvalue weighted by atomic mass is 10.2. The normalized spacial score (nSPS) is 12.6. The predicted molar refractivity (Wildman–Crippen MR) is 58.9 cm³/mol. The van der Waals surface area contributed by atoms with E-state index in [2.05, 4.69) is 6.92 Å². The molecule has 0 saturated heterocycles. The summed E-state index contributed by atoms with van der Waals surface area (Å²) in [5.41, 5.74) is 0. The Hall–Kier alpha value is -0.380. The molecule has 0 aliphatic carbocycles. The lowest BCUT2D eigenvalue weighted by molar-refractivity contribution is -0.137. The van der Waals surface area contributed by atoms with Gasteiger partial charge in [-0.2, -0.15) is 0 Å². The Labute approximate surface area is 88.4 Å². The van der Waals surface area contributed by atoms with E-state index in [0.717, 1.165) is 31.4 Å². The van der Waals surface area contributed by atoms with Crippen LogP contribution >= 0.6 is 0 Å². The van der Waals surface area contributed by atoms with Crippen LogP contribution in [-0.4, -0.2) is 26.8 Å². The number of rotatable bonds is 9. The van der Waals surface area contributed by atoms with E-state index in [9.17, 15) is 9.00 Å². The summed E-state index contributed by atoms with van der Waals surface area (Å²) in [6, 6.07) is 0. The van der Waals surface area contributed by atoms with E-state index in [4.69, 9.17) is 5.11 Å². The quantitative estimate of drug-likeness (QED) is 0.606. The molecule has 1 unspecified atom stereocenters. The van der Waals surface area contributed by atoms with Gasteiger partial charge in [-0.05, 0) is 19.3 Å². The van der Waals surface area contributed by atoms with Crippen molar-refractivity contribution in [3.63, 3.8) is 0 Å². The van der Waals surface area contributed by atoms with Crippen molar-refractivity contribution in [2.24, 2.45) is 0 Å². The van der Waals surface area contributed by atoms with Gasteiger partial charge in [0.15, 0.2) is 0 Å². The van der Waals surface area contributed by atoms with Gasteiger partial charge in [0, 0.05) is 28.7 Å². The molecule has 3 nitrogen and oxygen atoms in total. The molecule has 4 heteroatoms. The Morgan fingerprint density at radius 2 is 1.71 bits per heavy atom. The highest BCUT2D eigenvalue weighted by molar-refractivity contribution is 7.84. The summed E-state index contributed by atoms with van der Waals surface area (Å²) in [6.07, 6.45) is 4.94. The smallest absolute Gasteiger partial charge is 0.303 e. The largest absolute Gasteiger partial charge is 0.481 e. The van der Waals surface area contributed by atoms with Crippen LogP contribution in [0.5, 0.6) is 0 Å². The third kappa shape index (κ3) is 9.71. The first-order chi connectivity index (χ1) is 6.66. The first-order valence-electron chi connectivity index (χ1n) is 5.23. The first kappa shape index (κ1) is 13.6. The first-order valence-corrected chi connectivity index (χ1v) is 6.72. The summed E-state index contributed by atoms with van der Waals surface area (Å²) in [7, 11) is -0.729. The average molecular weight is 220 g/mol. The topological polar surface area (TPSA) is 54.4 Å². The molecule has 0 heterocycles. The van der Waals surface area contributed by atoms with Gasteiger partial charge in [-0.25, -0.2) is 0 Å². The number of aliphatic carboxylic acids is 1. The van der Waals surface area contributed by atoms with Gasteiger partial charge in [0.25, 0.3) is 0 Å². The molecule has 0 aliphatic heterocycles. The summed E-state index contributed by atoms with van der Waals surface area (Å²) in [5.74, 6) is 0.680. The van der Waals surface area contributed by atoms with E-state index < -0.39 is 16.8 Å². The van der Waals surface area contributed by atoms with Crippen LogP contribution in [-0.2, 0) is 15.6 Å². The van der Waals surface area contributed by atoms with Crippen LogP contribution in [0.3, 0.4) is 0 Å². The van der Waals surface area contributed by atoms with Crippen molar-refractivity contribution in [3.8, 4) is 0 Å².